The van der Waals surface area contributed by atoms with E-state index in [0.29, 0.717) is 80.2 Å². The molecule has 2 aliphatic carbocycles. The molecular formula is C48H29F12O4P. The fourth-order valence-corrected chi connectivity index (χ4v) is 9.55. The molecule has 0 radical (unpaired) electrons. The molecule has 1 heterocycles. The lowest BCUT2D eigenvalue weighted by molar-refractivity contribution is -0.144. The summed E-state index contributed by atoms with van der Waals surface area (Å²) in [7, 11) is -5.10. The predicted molar refractivity (Wildman–Crippen MR) is 217 cm³/mol. The van der Waals surface area contributed by atoms with Gasteiger partial charge in [0.2, 0.25) is 0 Å². The van der Waals surface area contributed by atoms with E-state index in [1.807, 2.05) is 12.2 Å². The Morgan fingerprint density at radius 2 is 1.02 bits per heavy atom. The molecule has 6 aromatic rings. The largest absolute Gasteiger partial charge is 0.528 e. The van der Waals surface area contributed by atoms with Crippen molar-refractivity contribution >= 4 is 31.6 Å². The van der Waals surface area contributed by atoms with Gasteiger partial charge in [-0.1, -0.05) is 91.0 Å². The Labute approximate surface area is 360 Å². The molecule has 0 spiro atoms. The highest BCUT2D eigenvalue weighted by atomic mass is 31.2. The van der Waals surface area contributed by atoms with Gasteiger partial charge in [0.05, 0.1) is 22.3 Å². The van der Waals surface area contributed by atoms with Gasteiger partial charge in [0.25, 0.3) is 0 Å². The number of rotatable bonds is 4. The van der Waals surface area contributed by atoms with Gasteiger partial charge < -0.3 is 4.52 Å². The fraction of sp³-hybridized carbons (Fsp3) is 0.167. The van der Waals surface area contributed by atoms with Gasteiger partial charge in [0, 0.05) is 22.6 Å². The van der Waals surface area contributed by atoms with Crippen LogP contribution in [0.15, 0.2) is 115 Å². The minimum absolute atomic E-state index is 0.0141. The third-order valence-corrected chi connectivity index (χ3v) is 12.4. The molecule has 1 aliphatic heterocycles. The van der Waals surface area contributed by atoms with Gasteiger partial charge in [-0.3, -0.25) is 9.42 Å². The first-order valence-corrected chi connectivity index (χ1v) is 21.1. The summed E-state index contributed by atoms with van der Waals surface area (Å²) in [6.45, 7) is 0. The maximum absolute atomic E-state index is 14.1. The van der Waals surface area contributed by atoms with E-state index in [4.69, 9.17) is 9.05 Å². The van der Waals surface area contributed by atoms with Gasteiger partial charge in [-0.15, -0.1) is 0 Å². The Kier molecular flexibility index (Phi) is 10.5. The zero-order valence-electron chi connectivity index (χ0n) is 32.9. The van der Waals surface area contributed by atoms with Crippen molar-refractivity contribution in [1.29, 1.82) is 0 Å². The number of phosphoric acid groups is 1. The van der Waals surface area contributed by atoms with Crippen LogP contribution in [0.3, 0.4) is 0 Å². The van der Waals surface area contributed by atoms with Gasteiger partial charge in [-0.25, -0.2) is 4.57 Å². The number of phosphoric ester groups is 1. The minimum atomic E-state index is -5.10. The first-order chi connectivity index (χ1) is 30.4. The molecule has 6 aromatic carbocycles. The molecule has 3 unspecified atom stereocenters. The van der Waals surface area contributed by atoms with Crippen LogP contribution >= 0.6 is 7.82 Å². The Bertz CT molecular complexity index is 3140. The topological polar surface area (TPSA) is 55.8 Å². The van der Waals surface area contributed by atoms with E-state index in [-0.39, 0.29) is 45.7 Å². The van der Waals surface area contributed by atoms with E-state index >= 15 is 0 Å². The summed E-state index contributed by atoms with van der Waals surface area (Å²) >= 11 is 0. The van der Waals surface area contributed by atoms with Crippen LogP contribution in [0.4, 0.5) is 52.7 Å². The van der Waals surface area contributed by atoms with Gasteiger partial charge >= 0.3 is 32.5 Å². The lowest BCUT2D eigenvalue weighted by Crippen LogP contribution is -2.42. The lowest BCUT2D eigenvalue weighted by atomic mass is 9.78. The standard InChI is InChI=1S/C48H29F12O4P/c49-45(50,51)33-17-31(18-34(23-33)46(52,53)54)25-9-13-27(14-10-25)39-21-29-5-1-3-7-37(29)41-42-38-8-4-2-6-30(38)22-40(44(42)64-65(61,62)63-43(39)41)28-15-11-26(12-16-28)32-19-35(47(55,56)57)24-36(20-32)48(58,59)60/h1,3,5-24,39,43H,2,4H2,(H,61,62). The van der Waals surface area contributed by atoms with Crippen LogP contribution in [-0.4, -0.2) is 11.0 Å². The molecule has 0 saturated heterocycles. The molecule has 0 fully saturated rings. The summed E-state index contributed by atoms with van der Waals surface area (Å²) in [6, 6.07) is 22.4. The maximum Gasteiger partial charge on any atom is 0.528 e. The molecular weight excluding hydrogens is 899 g/mol. The number of benzene rings is 6. The molecule has 3 atom stereocenters. The summed E-state index contributed by atoms with van der Waals surface area (Å²) < 4.78 is 191. The van der Waals surface area contributed by atoms with E-state index in [1.165, 1.54) is 48.5 Å². The van der Waals surface area contributed by atoms with Crippen LogP contribution in [0.2, 0.25) is 0 Å². The molecule has 17 heteroatoms. The first kappa shape index (κ1) is 44.1. The highest BCUT2D eigenvalue weighted by Crippen LogP contribution is 2.56. The van der Waals surface area contributed by atoms with Crippen molar-refractivity contribution in [2.45, 2.75) is 49.6 Å². The molecule has 65 heavy (non-hydrogen) atoms. The van der Waals surface area contributed by atoms with E-state index in [0.717, 1.165) is 0 Å². The van der Waals surface area contributed by atoms with Gasteiger partial charge in [-0.2, -0.15) is 52.7 Å². The number of alkyl halides is 12. The zero-order valence-corrected chi connectivity index (χ0v) is 33.8. The summed E-state index contributed by atoms with van der Waals surface area (Å²) in [5, 5.41) is 2.53. The summed E-state index contributed by atoms with van der Waals surface area (Å²) in [4.78, 5) is 11.5. The molecule has 334 valence electrons. The van der Waals surface area contributed by atoms with Gasteiger partial charge in [0.1, 0.15) is 11.9 Å². The van der Waals surface area contributed by atoms with Crippen molar-refractivity contribution in [3.05, 3.63) is 170 Å². The van der Waals surface area contributed by atoms with Crippen LogP contribution in [0.1, 0.15) is 52.1 Å². The summed E-state index contributed by atoms with van der Waals surface area (Å²) in [5.74, 6) is -0.989. The highest BCUT2D eigenvalue weighted by molar-refractivity contribution is 7.48. The Hall–Kier alpha value is -6.09. The second-order valence-corrected chi connectivity index (χ2v) is 17.0. The quantitative estimate of drug-likeness (QED) is 0.141. The van der Waals surface area contributed by atoms with Gasteiger partial charge in [0.15, 0.2) is 0 Å². The number of fused-ring (bicyclic) bond motifs is 6. The highest BCUT2D eigenvalue weighted by Gasteiger charge is 2.44. The van der Waals surface area contributed by atoms with Crippen molar-refractivity contribution in [1.82, 2.24) is 0 Å². The van der Waals surface area contributed by atoms with Crippen molar-refractivity contribution in [2.75, 3.05) is 0 Å². The van der Waals surface area contributed by atoms with Crippen LogP contribution in [0.25, 0.3) is 57.2 Å². The van der Waals surface area contributed by atoms with Crippen LogP contribution < -0.4 is 25.4 Å². The maximum atomic E-state index is 14.1. The van der Waals surface area contributed by atoms with Crippen LogP contribution in [0.5, 0.6) is 5.75 Å². The van der Waals surface area contributed by atoms with Crippen molar-refractivity contribution < 1.29 is 71.2 Å². The Morgan fingerprint density at radius 3 is 1.54 bits per heavy atom. The third-order valence-electron chi connectivity index (χ3n) is 11.5. The van der Waals surface area contributed by atoms with E-state index < -0.39 is 66.8 Å². The number of hydrogen-bond donors (Lipinski definition) is 1. The van der Waals surface area contributed by atoms with Crippen LogP contribution in [0, 0.1) is 0 Å². The normalized spacial score (nSPS) is 19.6. The van der Waals surface area contributed by atoms with Gasteiger partial charge in [-0.05, 0) is 110 Å². The molecule has 1 N–H and O–H groups in total. The summed E-state index contributed by atoms with van der Waals surface area (Å²) in [5.41, 5.74) is -4.88. The lowest BCUT2D eigenvalue weighted by Gasteiger charge is -2.29. The molecule has 4 nitrogen and oxygen atoms in total. The number of hydrogen-bond acceptors (Lipinski definition) is 3. The molecule has 3 aliphatic rings. The van der Waals surface area contributed by atoms with Crippen molar-refractivity contribution in [3.63, 3.8) is 0 Å². The minimum Gasteiger partial charge on any atom is -0.403 e. The van der Waals surface area contributed by atoms with Crippen LogP contribution in [-0.2, 0) is 33.8 Å². The van der Waals surface area contributed by atoms with E-state index in [9.17, 15) is 62.1 Å². The average Bonchev–Trinajstić information content (AvgIpc) is 3.38. The SMILES string of the molecule is O=P1(O)Oc2c(-c3ccc(-c4cc(C(F)(F)F)cc(C(F)(F)F)c4)cc3)cc3c(c2C2=c4ccccc4=CC(c4ccc(-c5cc(C(F)(F)F)cc(C(F)(F)F)c5)cc4)C2O1)=CCCC=3. The van der Waals surface area contributed by atoms with E-state index in [1.54, 1.807) is 36.4 Å². The zero-order chi connectivity index (χ0) is 46.4. The second kappa shape index (κ2) is 15.5. The molecule has 0 aromatic heterocycles. The molecule has 9 rings (SSSR count). The number of halogens is 12. The smallest absolute Gasteiger partial charge is 0.403 e. The average molecular weight is 929 g/mol. The monoisotopic (exact) mass is 928 g/mol. The van der Waals surface area contributed by atoms with E-state index in [2.05, 4.69) is 0 Å². The first-order valence-electron chi connectivity index (χ1n) is 19.6. The molecule has 0 amide bonds. The molecule has 0 bridgehead atoms. The Balaban J connectivity index is 1.19. The summed E-state index contributed by atoms with van der Waals surface area (Å²) in [6.07, 6.45) is -14.8. The predicted octanol–water partition coefficient (Wildman–Crippen LogP) is 11.8. The second-order valence-electron chi connectivity index (χ2n) is 15.7. The fourth-order valence-electron chi connectivity index (χ4n) is 8.56. The third kappa shape index (κ3) is 8.50. The van der Waals surface area contributed by atoms with Crippen molar-refractivity contribution in [3.8, 4) is 39.1 Å². The van der Waals surface area contributed by atoms with Crippen molar-refractivity contribution in [2.24, 2.45) is 0 Å². The molecule has 0 saturated carbocycles. The Morgan fingerprint density at radius 1 is 0.538 bits per heavy atom.